The summed E-state index contributed by atoms with van der Waals surface area (Å²) in [5.74, 6) is 5.61. The van der Waals surface area contributed by atoms with Gasteiger partial charge < -0.3 is 15.4 Å². The Morgan fingerprint density at radius 3 is 2.76 bits per heavy atom. The lowest BCUT2D eigenvalue weighted by atomic mass is 9.71. The number of fused-ring (bicyclic) bond motifs is 1. The number of piperidine rings is 1. The Bertz CT molecular complexity index is 517. The predicted octanol–water partition coefficient (Wildman–Crippen LogP) is 1.74. The van der Waals surface area contributed by atoms with Crippen molar-refractivity contribution < 1.29 is 9.90 Å². The Kier molecular flexibility index (Phi) is 3.87. The number of rotatable bonds is 2. The van der Waals surface area contributed by atoms with Gasteiger partial charge in [-0.05, 0) is 43.5 Å². The Balaban J connectivity index is 1.70. The topological polar surface area (TPSA) is 78.6 Å². The second-order valence-corrected chi connectivity index (χ2v) is 6.27. The molecule has 0 bridgehead atoms. The molecule has 4 N–H and O–H groups in total. The lowest BCUT2D eigenvalue weighted by Gasteiger charge is -2.47. The summed E-state index contributed by atoms with van der Waals surface area (Å²) in [5.41, 5.74) is 3.48. The van der Waals surface area contributed by atoms with E-state index in [4.69, 9.17) is 5.84 Å². The van der Waals surface area contributed by atoms with Gasteiger partial charge in [-0.3, -0.25) is 10.6 Å². The maximum Gasteiger partial charge on any atom is 0.253 e. The number of nitrogens with one attached hydrogen (secondary N) is 1. The molecule has 0 aromatic heterocycles. The van der Waals surface area contributed by atoms with Crippen LogP contribution in [0.25, 0.3) is 0 Å². The fourth-order valence-electron chi connectivity index (χ4n) is 3.65. The molecule has 2 unspecified atom stereocenters. The van der Waals surface area contributed by atoms with Gasteiger partial charge in [0.15, 0.2) is 0 Å². The number of carbonyl (C=O) groups is 1. The van der Waals surface area contributed by atoms with Crippen molar-refractivity contribution in [3.05, 3.63) is 29.8 Å². The number of hydrogen-bond acceptors (Lipinski definition) is 4. The first-order chi connectivity index (χ1) is 10.1. The van der Waals surface area contributed by atoms with Crippen molar-refractivity contribution in [3.8, 4) is 0 Å². The van der Waals surface area contributed by atoms with Crippen LogP contribution in [0.1, 0.15) is 42.5 Å². The third-order valence-electron chi connectivity index (χ3n) is 5.01. The zero-order chi connectivity index (χ0) is 14.9. The minimum Gasteiger partial charge on any atom is -0.389 e. The molecule has 114 valence electrons. The van der Waals surface area contributed by atoms with Crippen LogP contribution in [0.3, 0.4) is 0 Å². The van der Waals surface area contributed by atoms with Gasteiger partial charge in [-0.2, -0.15) is 0 Å². The van der Waals surface area contributed by atoms with Gasteiger partial charge >= 0.3 is 0 Å². The second kappa shape index (κ2) is 5.66. The van der Waals surface area contributed by atoms with Crippen molar-refractivity contribution in [2.24, 2.45) is 11.8 Å². The van der Waals surface area contributed by atoms with Crippen LogP contribution in [0.4, 0.5) is 5.69 Å². The molecular weight excluding hydrogens is 266 g/mol. The SMILES string of the molecule is NNc1ccc(C(=O)N2CCC3(O)CCCCC3C2)cc1. The van der Waals surface area contributed by atoms with E-state index in [1.54, 1.807) is 24.3 Å². The molecule has 1 aromatic carbocycles. The Morgan fingerprint density at radius 1 is 1.29 bits per heavy atom. The first-order valence-corrected chi connectivity index (χ1v) is 7.71. The monoisotopic (exact) mass is 289 g/mol. The van der Waals surface area contributed by atoms with E-state index in [-0.39, 0.29) is 11.8 Å². The average Bonchev–Trinajstić information content (AvgIpc) is 2.53. The molecule has 1 aromatic rings. The molecule has 1 aliphatic heterocycles. The molecule has 5 heteroatoms. The van der Waals surface area contributed by atoms with Crippen LogP contribution in [0.15, 0.2) is 24.3 Å². The summed E-state index contributed by atoms with van der Waals surface area (Å²) in [7, 11) is 0. The molecule has 1 saturated heterocycles. The van der Waals surface area contributed by atoms with Crippen LogP contribution in [-0.4, -0.2) is 34.6 Å². The number of nitrogen functional groups attached to an aromatic ring is 1. The number of benzene rings is 1. The number of anilines is 1. The van der Waals surface area contributed by atoms with Crippen LogP contribution in [0.2, 0.25) is 0 Å². The van der Waals surface area contributed by atoms with Crippen LogP contribution < -0.4 is 11.3 Å². The highest BCUT2D eigenvalue weighted by molar-refractivity contribution is 5.94. The summed E-state index contributed by atoms with van der Waals surface area (Å²) in [6.45, 7) is 1.31. The van der Waals surface area contributed by atoms with E-state index in [1.807, 2.05) is 4.90 Å². The van der Waals surface area contributed by atoms with Gasteiger partial charge in [0.2, 0.25) is 0 Å². The Morgan fingerprint density at radius 2 is 2.05 bits per heavy atom. The van der Waals surface area contributed by atoms with E-state index in [2.05, 4.69) is 5.43 Å². The molecule has 3 rings (SSSR count). The highest BCUT2D eigenvalue weighted by Crippen LogP contribution is 2.40. The van der Waals surface area contributed by atoms with Gasteiger partial charge in [0.25, 0.3) is 5.91 Å². The third kappa shape index (κ3) is 2.76. The van der Waals surface area contributed by atoms with Crippen molar-refractivity contribution in [1.29, 1.82) is 0 Å². The summed E-state index contributed by atoms with van der Waals surface area (Å²) in [4.78, 5) is 14.5. The summed E-state index contributed by atoms with van der Waals surface area (Å²) in [6, 6.07) is 7.18. The van der Waals surface area contributed by atoms with E-state index in [0.29, 0.717) is 25.1 Å². The lowest BCUT2D eigenvalue weighted by Crippen LogP contribution is -2.54. The van der Waals surface area contributed by atoms with Crippen molar-refractivity contribution in [1.82, 2.24) is 4.90 Å². The third-order valence-corrected chi connectivity index (χ3v) is 5.01. The van der Waals surface area contributed by atoms with Crippen molar-refractivity contribution in [2.45, 2.75) is 37.7 Å². The molecular formula is C16H23N3O2. The van der Waals surface area contributed by atoms with Crippen molar-refractivity contribution >= 4 is 11.6 Å². The Hall–Kier alpha value is -1.59. The standard InChI is InChI=1S/C16H23N3O2/c17-18-14-6-4-12(5-7-14)15(20)19-10-9-16(21)8-2-1-3-13(16)11-19/h4-7,13,18,21H,1-3,8-11,17H2. The number of carbonyl (C=O) groups excluding carboxylic acids is 1. The lowest BCUT2D eigenvalue weighted by molar-refractivity contribution is -0.0886. The zero-order valence-corrected chi connectivity index (χ0v) is 12.2. The van der Waals surface area contributed by atoms with Gasteiger partial charge in [-0.1, -0.05) is 12.8 Å². The van der Waals surface area contributed by atoms with E-state index in [1.165, 1.54) is 0 Å². The van der Waals surface area contributed by atoms with Crippen LogP contribution in [0.5, 0.6) is 0 Å². The smallest absolute Gasteiger partial charge is 0.253 e. The first-order valence-electron chi connectivity index (χ1n) is 7.71. The predicted molar refractivity (Wildman–Crippen MR) is 81.7 cm³/mol. The van der Waals surface area contributed by atoms with Gasteiger partial charge in [0, 0.05) is 30.3 Å². The largest absolute Gasteiger partial charge is 0.389 e. The van der Waals surface area contributed by atoms with Crippen LogP contribution in [-0.2, 0) is 0 Å². The number of amides is 1. The molecule has 0 spiro atoms. The molecule has 0 radical (unpaired) electrons. The van der Waals surface area contributed by atoms with Crippen molar-refractivity contribution in [2.75, 3.05) is 18.5 Å². The molecule has 21 heavy (non-hydrogen) atoms. The van der Waals surface area contributed by atoms with Gasteiger partial charge in [0.05, 0.1) is 5.60 Å². The zero-order valence-electron chi connectivity index (χ0n) is 12.2. The number of hydrazine groups is 1. The molecule has 1 aliphatic carbocycles. The molecule has 1 amide bonds. The molecule has 2 aliphatic rings. The Labute approximate surface area is 125 Å². The minimum atomic E-state index is -0.539. The van der Waals surface area contributed by atoms with Crippen molar-refractivity contribution in [3.63, 3.8) is 0 Å². The van der Waals surface area contributed by atoms with E-state index in [0.717, 1.165) is 31.4 Å². The highest BCUT2D eigenvalue weighted by atomic mass is 16.3. The van der Waals surface area contributed by atoms with Crippen LogP contribution >= 0.6 is 0 Å². The molecule has 1 saturated carbocycles. The summed E-state index contributed by atoms with van der Waals surface area (Å²) in [6.07, 6.45) is 4.87. The molecule has 2 fully saturated rings. The number of nitrogens with zero attached hydrogens (tertiary/aromatic N) is 1. The van der Waals surface area contributed by atoms with Crippen LogP contribution in [0, 0.1) is 5.92 Å². The fourth-order valence-corrected chi connectivity index (χ4v) is 3.65. The summed E-state index contributed by atoms with van der Waals surface area (Å²) >= 11 is 0. The van der Waals surface area contributed by atoms with Gasteiger partial charge in [0.1, 0.15) is 0 Å². The molecule has 2 atom stereocenters. The molecule has 1 heterocycles. The van der Waals surface area contributed by atoms with E-state index < -0.39 is 5.60 Å². The van der Waals surface area contributed by atoms with Gasteiger partial charge in [-0.25, -0.2) is 0 Å². The highest BCUT2D eigenvalue weighted by Gasteiger charge is 2.43. The average molecular weight is 289 g/mol. The van der Waals surface area contributed by atoms with E-state index >= 15 is 0 Å². The summed E-state index contributed by atoms with van der Waals surface area (Å²) in [5, 5.41) is 10.7. The maximum absolute atomic E-state index is 12.6. The number of likely N-dealkylation sites (tertiary alicyclic amines) is 1. The quantitative estimate of drug-likeness (QED) is 0.572. The number of nitrogens with two attached hydrogens (primary N) is 1. The van der Waals surface area contributed by atoms with E-state index in [9.17, 15) is 9.90 Å². The normalized spacial score (nSPS) is 28.9. The number of hydrogen-bond donors (Lipinski definition) is 3. The minimum absolute atomic E-state index is 0.0474. The fraction of sp³-hybridized carbons (Fsp3) is 0.562. The maximum atomic E-state index is 12.6. The van der Waals surface area contributed by atoms with Gasteiger partial charge in [-0.15, -0.1) is 0 Å². The first kappa shape index (κ1) is 14.4. The molecule has 5 nitrogen and oxygen atoms in total. The number of aliphatic hydroxyl groups is 1. The summed E-state index contributed by atoms with van der Waals surface area (Å²) < 4.78 is 0. The second-order valence-electron chi connectivity index (χ2n) is 6.27.